The zero-order valence-electron chi connectivity index (χ0n) is 17.3. The molecule has 0 saturated carbocycles. The van der Waals surface area contributed by atoms with Crippen LogP contribution in [-0.4, -0.2) is 44.7 Å². The van der Waals surface area contributed by atoms with Crippen molar-refractivity contribution in [3.8, 4) is 5.75 Å². The van der Waals surface area contributed by atoms with Gasteiger partial charge in [-0.15, -0.1) is 5.10 Å². The fourth-order valence-electron chi connectivity index (χ4n) is 3.12. The normalized spacial score (nSPS) is 11.7. The number of carbonyl (C=O) groups excluding carboxylic acids is 1. The number of nitro benzene ring substituents is 1. The molecule has 3 rings (SSSR count). The lowest BCUT2D eigenvalue weighted by Crippen LogP contribution is -2.17. The Labute approximate surface area is 178 Å². The summed E-state index contributed by atoms with van der Waals surface area (Å²) >= 11 is 0. The minimum Gasteiger partial charge on any atom is -0.497 e. The van der Waals surface area contributed by atoms with Crippen LogP contribution in [0.15, 0.2) is 42.5 Å². The van der Waals surface area contributed by atoms with Crippen molar-refractivity contribution in [3.05, 3.63) is 80.7 Å². The van der Waals surface area contributed by atoms with Crippen molar-refractivity contribution in [2.24, 2.45) is 0 Å². The lowest BCUT2D eigenvalue weighted by atomic mass is 10.0. The fraction of sp³-hybridized carbons (Fsp3) is 0.286. The number of nitrogens with zero attached hydrogens (tertiary/aromatic N) is 4. The summed E-state index contributed by atoms with van der Waals surface area (Å²) in [6.45, 7) is 3.63. The van der Waals surface area contributed by atoms with Crippen molar-refractivity contribution in [3.63, 3.8) is 0 Å². The lowest BCUT2D eigenvalue weighted by molar-refractivity contribution is -0.386. The van der Waals surface area contributed by atoms with Crippen LogP contribution in [0.5, 0.6) is 5.75 Å². The number of aromatic nitrogens is 3. The molecule has 0 amide bonds. The quantitative estimate of drug-likeness (QED) is 0.331. The van der Waals surface area contributed by atoms with E-state index in [1.165, 1.54) is 16.8 Å². The Morgan fingerprint density at radius 2 is 1.97 bits per heavy atom. The highest BCUT2D eigenvalue weighted by Gasteiger charge is 2.31. The van der Waals surface area contributed by atoms with Crippen LogP contribution in [-0.2, 0) is 11.3 Å². The second-order valence-corrected chi connectivity index (χ2v) is 6.77. The van der Waals surface area contributed by atoms with Gasteiger partial charge in [0.15, 0.2) is 5.69 Å². The van der Waals surface area contributed by atoms with Gasteiger partial charge in [0.2, 0.25) is 0 Å². The summed E-state index contributed by atoms with van der Waals surface area (Å²) in [5.74, 6) is -0.0550. The Kier molecular flexibility index (Phi) is 6.61. The van der Waals surface area contributed by atoms with Crippen molar-refractivity contribution in [2.75, 3.05) is 13.7 Å². The molecule has 0 aliphatic rings. The first-order valence-electron chi connectivity index (χ1n) is 9.52. The molecule has 0 bridgehead atoms. The van der Waals surface area contributed by atoms with E-state index in [1.807, 2.05) is 0 Å². The Morgan fingerprint density at radius 1 is 1.26 bits per heavy atom. The monoisotopic (exact) mass is 426 g/mol. The zero-order valence-corrected chi connectivity index (χ0v) is 17.3. The van der Waals surface area contributed by atoms with Crippen LogP contribution in [0.25, 0.3) is 0 Å². The number of hydrogen-bond donors (Lipinski definition) is 1. The van der Waals surface area contributed by atoms with Crippen molar-refractivity contribution in [1.82, 2.24) is 15.0 Å². The SMILES string of the molecule is CCOC(=O)c1c(C(O)c2ccc(C)cc2[N+](=O)[O-])nnn1Cc1ccc(OC)cc1. The van der Waals surface area contributed by atoms with E-state index in [0.29, 0.717) is 11.3 Å². The molecule has 0 spiro atoms. The van der Waals surface area contributed by atoms with Gasteiger partial charge in [-0.1, -0.05) is 23.4 Å². The Bertz CT molecular complexity index is 1090. The highest BCUT2D eigenvalue weighted by molar-refractivity contribution is 5.89. The summed E-state index contributed by atoms with van der Waals surface area (Å²) in [4.78, 5) is 23.6. The number of methoxy groups -OCH3 is 1. The molecule has 0 radical (unpaired) electrons. The number of hydrogen-bond acceptors (Lipinski definition) is 8. The topological polar surface area (TPSA) is 130 Å². The summed E-state index contributed by atoms with van der Waals surface area (Å²) < 4.78 is 11.6. The summed E-state index contributed by atoms with van der Waals surface area (Å²) in [7, 11) is 1.56. The number of esters is 1. The largest absolute Gasteiger partial charge is 0.497 e. The lowest BCUT2D eigenvalue weighted by Gasteiger charge is -2.12. The molecule has 10 nitrogen and oxygen atoms in total. The third-order valence-corrected chi connectivity index (χ3v) is 4.66. The van der Waals surface area contributed by atoms with Gasteiger partial charge in [-0.3, -0.25) is 10.1 Å². The van der Waals surface area contributed by atoms with Crippen LogP contribution < -0.4 is 4.74 Å². The summed E-state index contributed by atoms with van der Waals surface area (Å²) in [5.41, 5.74) is 1.03. The van der Waals surface area contributed by atoms with Gasteiger partial charge in [-0.05, 0) is 43.2 Å². The fourth-order valence-corrected chi connectivity index (χ4v) is 3.12. The van der Waals surface area contributed by atoms with Gasteiger partial charge in [0.05, 0.1) is 30.7 Å². The van der Waals surface area contributed by atoms with Crippen LogP contribution in [0.2, 0.25) is 0 Å². The van der Waals surface area contributed by atoms with Gasteiger partial charge in [-0.2, -0.15) is 0 Å². The van der Waals surface area contributed by atoms with Crippen LogP contribution in [0, 0.1) is 17.0 Å². The van der Waals surface area contributed by atoms with Crippen LogP contribution in [0.1, 0.15) is 45.9 Å². The van der Waals surface area contributed by atoms with Gasteiger partial charge in [0.1, 0.15) is 17.5 Å². The molecule has 10 heteroatoms. The first-order valence-corrected chi connectivity index (χ1v) is 9.52. The average molecular weight is 426 g/mol. The third-order valence-electron chi connectivity index (χ3n) is 4.66. The first-order chi connectivity index (χ1) is 14.8. The molecule has 0 aliphatic carbocycles. The molecule has 1 heterocycles. The highest BCUT2D eigenvalue weighted by Crippen LogP contribution is 2.31. The van der Waals surface area contributed by atoms with Gasteiger partial charge in [-0.25, -0.2) is 9.48 Å². The van der Waals surface area contributed by atoms with Gasteiger partial charge >= 0.3 is 5.97 Å². The molecule has 0 fully saturated rings. The number of carbonyl (C=O) groups is 1. The van der Waals surface area contributed by atoms with Crippen molar-refractivity contribution in [1.29, 1.82) is 0 Å². The van der Waals surface area contributed by atoms with E-state index in [-0.39, 0.29) is 35.8 Å². The van der Waals surface area contributed by atoms with E-state index in [2.05, 4.69) is 10.3 Å². The molecule has 3 aromatic rings. The molecule has 31 heavy (non-hydrogen) atoms. The molecular formula is C21H22N4O6. The number of rotatable bonds is 8. The number of aliphatic hydroxyl groups excluding tert-OH is 1. The standard InChI is InChI=1S/C21H22N4O6/c1-4-31-21(27)19-18(20(26)16-10-5-13(2)11-17(16)25(28)29)22-23-24(19)12-14-6-8-15(30-3)9-7-14/h5-11,20,26H,4,12H2,1-3H3. The number of ether oxygens (including phenoxy) is 2. The molecule has 2 aromatic carbocycles. The van der Waals surface area contributed by atoms with E-state index in [1.54, 1.807) is 51.3 Å². The third kappa shape index (κ3) is 4.69. The Balaban J connectivity index is 2.04. The number of aliphatic hydroxyl groups is 1. The average Bonchev–Trinajstić information content (AvgIpc) is 3.17. The smallest absolute Gasteiger partial charge is 0.358 e. The molecule has 1 atom stereocenters. The second kappa shape index (κ2) is 9.35. The van der Waals surface area contributed by atoms with Crippen molar-refractivity contribution >= 4 is 11.7 Å². The number of aryl methyl sites for hydroxylation is 1. The number of nitro groups is 1. The summed E-state index contributed by atoms with van der Waals surface area (Å²) in [6, 6.07) is 11.6. The van der Waals surface area contributed by atoms with E-state index < -0.39 is 17.0 Å². The maximum Gasteiger partial charge on any atom is 0.358 e. The van der Waals surface area contributed by atoms with Crippen LogP contribution >= 0.6 is 0 Å². The highest BCUT2D eigenvalue weighted by atomic mass is 16.6. The maximum absolute atomic E-state index is 12.7. The van der Waals surface area contributed by atoms with Crippen molar-refractivity contribution < 1.29 is 24.3 Å². The predicted molar refractivity (Wildman–Crippen MR) is 110 cm³/mol. The molecule has 1 aromatic heterocycles. The molecular weight excluding hydrogens is 404 g/mol. The maximum atomic E-state index is 12.7. The van der Waals surface area contributed by atoms with Crippen LogP contribution in [0.3, 0.4) is 0 Å². The second-order valence-electron chi connectivity index (χ2n) is 6.77. The van der Waals surface area contributed by atoms with Gasteiger partial charge < -0.3 is 14.6 Å². The van der Waals surface area contributed by atoms with Crippen LogP contribution in [0.4, 0.5) is 5.69 Å². The molecule has 1 N–H and O–H groups in total. The summed E-state index contributed by atoms with van der Waals surface area (Å²) in [6.07, 6.45) is -1.54. The molecule has 0 saturated heterocycles. The van der Waals surface area contributed by atoms with E-state index >= 15 is 0 Å². The number of benzene rings is 2. The first kappa shape index (κ1) is 21.9. The van der Waals surface area contributed by atoms with E-state index in [9.17, 15) is 20.0 Å². The Morgan fingerprint density at radius 3 is 2.58 bits per heavy atom. The summed E-state index contributed by atoms with van der Waals surface area (Å²) in [5, 5.41) is 30.4. The Hall–Kier alpha value is -3.79. The zero-order chi connectivity index (χ0) is 22.5. The van der Waals surface area contributed by atoms with Crippen molar-refractivity contribution in [2.45, 2.75) is 26.5 Å². The minimum absolute atomic E-state index is 0.0117. The van der Waals surface area contributed by atoms with E-state index in [4.69, 9.17) is 9.47 Å². The van der Waals surface area contributed by atoms with E-state index in [0.717, 1.165) is 5.56 Å². The molecule has 162 valence electrons. The van der Waals surface area contributed by atoms with Gasteiger partial charge in [0.25, 0.3) is 5.69 Å². The van der Waals surface area contributed by atoms with Gasteiger partial charge in [0, 0.05) is 6.07 Å². The molecule has 1 unspecified atom stereocenters. The molecule has 0 aliphatic heterocycles. The predicted octanol–water partition coefficient (Wildman–Crippen LogP) is 2.81. The minimum atomic E-state index is -1.54.